The second-order valence-electron chi connectivity index (χ2n) is 6.53. The lowest BCUT2D eigenvalue weighted by molar-refractivity contribution is -0.146. The Hall–Kier alpha value is -1.64. The van der Waals surface area contributed by atoms with Crippen LogP contribution in [0.1, 0.15) is 38.2 Å². The van der Waals surface area contributed by atoms with Crippen molar-refractivity contribution >= 4 is 11.7 Å². The molecule has 0 unspecified atom stereocenters. The van der Waals surface area contributed by atoms with E-state index in [1.807, 2.05) is 23.1 Å². The standard InChI is InChI=1S/C17H21NO2/c1-17-8-7-15(19)9-14(17)10-16(20)18(12-17)11-13-5-3-2-4-6-13/h2-6,14H,7-12H2,1H3/t14-,17+/m0/s1. The quantitative estimate of drug-likeness (QED) is 0.829. The largest absolute Gasteiger partial charge is 0.338 e. The Morgan fingerprint density at radius 2 is 1.95 bits per heavy atom. The number of hydrogen-bond donors (Lipinski definition) is 0. The number of hydrogen-bond acceptors (Lipinski definition) is 2. The molecule has 0 bridgehead atoms. The Morgan fingerprint density at radius 3 is 2.70 bits per heavy atom. The average Bonchev–Trinajstić information content (AvgIpc) is 2.43. The number of carbonyl (C=O) groups excluding carboxylic acids is 2. The highest BCUT2D eigenvalue weighted by atomic mass is 16.2. The molecule has 1 amide bonds. The Kier molecular flexibility index (Phi) is 3.36. The SMILES string of the molecule is C[C@]12CCC(=O)C[C@H]1CC(=O)N(Cc1ccccc1)C2. The first-order chi connectivity index (χ1) is 9.57. The highest BCUT2D eigenvalue weighted by Gasteiger charge is 2.45. The van der Waals surface area contributed by atoms with Gasteiger partial charge >= 0.3 is 0 Å². The van der Waals surface area contributed by atoms with Gasteiger partial charge in [0, 0.05) is 32.4 Å². The molecule has 2 atom stereocenters. The van der Waals surface area contributed by atoms with Crippen LogP contribution in [-0.4, -0.2) is 23.1 Å². The maximum atomic E-state index is 12.3. The molecule has 0 N–H and O–H groups in total. The van der Waals surface area contributed by atoms with Crippen LogP contribution in [0.5, 0.6) is 0 Å². The fraction of sp³-hybridized carbons (Fsp3) is 0.529. The fourth-order valence-electron chi connectivity index (χ4n) is 3.59. The van der Waals surface area contributed by atoms with Gasteiger partial charge in [-0.15, -0.1) is 0 Å². The zero-order valence-corrected chi connectivity index (χ0v) is 12.0. The summed E-state index contributed by atoms with van der Waals surface area (Å²) in [6.45, 7) is 3.73. The molecule has 1 aliphatic carbocycles. The summed E-state index contributed by atoms with van der Waals surface area (Å²) in [5, 5.41) is 0. The second-order valence-corrected chi connectivity index (χ2v) is 6.53. The average molecular weight is 271 g/mol. The number of Topliss-reactive ketones (excluding diaryl/α,β-unsaturated/α-hetero) is 1. The van der Waals surface area contributed by atoms with E-state index in [1.54, 1.807) is 0 Å². The first-order valence-electron chi connectivity index (χ1n) is 7.40. The zero-order chi connectivity index (χ0) is 14.2. The first kappa shape index (κ1) is 13.3. The number of benzene rings is 1. The molecule has 3 heteroatoms. The number of nitrogens with zero attached hydrogens (tertiary/aromatic N) is 1. The molecule has 3 nitrogen and oxygen atoms in total. The van der Waals surface area contributed by atoms with Gasteiger partial charge in [-0.2, -0.15) is 0 Å². The van der Waals surface area contributed by atoms with Crippen LogP contribution >= 0.6 is 0 Å². The van der Waals surface area contributed by atoms with E-state index in [4.69, 9.17) is 0 Å². The topological polar surface area (TPSA) is 37.4 Å². The van der Waals surface area contributed by atoms with Crippen molar-refractivity contribution in [3.63, 3.8) is 0 Å². The normalized spacial score (nSPS) is 30.2. The van der Waals surface area contributed by atoms with Crippen LogP contribution in [0.15, 0.2) is 30.3 Å². The van der Waals surface area contributed by atoms with Crippen LogP contribution in [0.3, 0.4) is 0 Å². The molecule has 1 saturated carbocycles. The Balaban J connectivity index is 1.75. The maximum Gasteiger partial charge on any atom is 0.223 e. The number of fused-ring (bicyclic) bond motifs is 1. The van der Waals surface area contributed by atoms with Crippen molar-refractivity contribution in [2.75, 3.05) is 6.54 Å². The molecule has 20 heavy (non-hydrogen) atoms. The zero-order valence-electron chi connectivity index (χ0n) is 12.0. The molecule has 2 fully saturated rings. The maximum absolute atomic E-state index is 12.3. The molecule has 1 heterocycles. The van der Waals surface area contributed by atoms with Crippen LogP contribution < -0.4 is 0 Å². The summed E-state index contributed by atoms with van der Waals surface area (Å²) in [6, 6.07) is 10.1. The first-order valence-corrected chi connectivity index (χ1v) is 7.40. The lowest BCUT2D eigenvalue weighted by Gasteiger charge is -2.48. The predicted molar refractivity (Wildman–Crippen MR) is 76.9 cm³/mol. The molecule has 1 aromatic rings. The van der Waals surface area contributed by atoms with Crippen molar-refractivity contribution in [2.45, 2.75) is 39.2 Å². The van der Waals surface area contributed by atoms with Crippen molar-refractivity contribution in [3.05, 3.63) is 35.9 Å². The van der Waals surface area contributed by atoms with E-state index in [0.717, 1.165) is 13.0 Å². The number of likely N-dealkylation sites (tertiary alicyclic amines) is 1. The van der Waals surface area contributed by atoms with Crippen molar-refractivity contribution < 1.29 is 9.59 Å². The lowest BCUT2D eigenvalue weighted by atomic mass is 9.63. The van der Waals surface area contributed by atoms with Crippen LogP contribution in [-0.2, 0) is 16.1 Å². The Bertz CT molecular complexity index is 525. The van der Waals surface area contributed by atoms with E-state index in [1.165, 1.54) is 5.56 Å². The van der Waals surface area contributed by atoms with Gasteiger partial charge in [0.15, 0.2) is 0 Å². The third kappa shape index (κ3) is 2.49. The van der Waals surface area contributed by atoms with E-state index in [2.05, 4.69) is 19.1 Å². The van der Waals surface area contributed by atoms with Crippen LogP contribution in [0.2, 0.25) is 0 Å². The third-order valence-corrected chi connectivity index (χ3v) is 4.98. The van der Waals surface area contributed by atoms with Crippen LogP contribution in [0.25, 0.3) is 0 Å². The summed E-state index contributed by atoms with van der Waals surface area (Å²) in [4.78, 5) is 25.9. The van der Waals surface area contributed by atoms with Crippen LogP contribution in [0.4, 0.5) is 0 Å². The predicted octanol–water partition coefficient (Wildman–Crippen LogP) is 2.79. The van der Waals surface area contributed by atoms with Crippen molar-refractivity contribution in [1.82, 2.24) is 4.90 Å². The van der Waals surface area contributed by atoms with Crippen molar-refractivity contribution in [1.29, 1.82) is 0 Å². The van der Waals surface area contributed by atoms with Gasteiger partial charge in [-0.25, -0.2) is 0 Å². The van der Waals surface area contributed by atoms with Gasteiger partial charge < -0.3 is 4.90 Å². The Morgan fingerprint density at radius 1 is 1.20 bits per heavy atom. The molecule has 0 aromatic heterocycles. The third-order valence-electron chi connectivity index (χ3n) is 4.98. The van der Waals surface area contributed by atoms with Crippen molar-refractivity contribution in [2.24, 2.45) is 11.3 Å². The molecule has 3 rings (SSSR count). The van der Waals surface area contributed by atoms with Gasteiger partial charge in [0.05, 0.1) is 0 Å². The van der Waals surface area contributed by atoms with E-state index < -0.39 is 0 Å². The number of ketones is 1. The van der Waals surface area contributed by atoms with Gasteiger partial charge in [-0.05, 0) is 23.3 Å². The Labute approximate surface area is 120 Å². The van der Waals surface area contributed by atoms with Gasteiger partial charge in [0.25, 0.3) is 0 Å². The molecular formula is C17H21NO2. The number of amides is 1. The highest BCUT2D eigenvalue weighted by molar-refractivity contribution is 5.83. The highest BCUT2D eigenvalue weighted by Crippen LogP contribution is 2.45. The lowest BCUT2D eigenvalue weighted by Crippen LogP contribution is -2.52. The summed E-state index contributed by atoms with van der Waals surface area (Å²) < 4.78 is 0. The van der Waals surface area contributed by atoms with Gasteiger partial charge in [-0.1, -0.05) is 37.3 Å². The molecule has 0 spiro atoms. The summed E-state index contributed by atoms with van der Waals surface area (Å²) in [5.41, 5.74) is 1.30. The smallest absolute Gasteiger partial charge is 0.223 e. The van der Waals surface area contributed by atoms with Gasteiger partial charge in [-0.3, -0.25) is 9.59 Å². The van der Waals surface area contributed by atoms with E-state index in [9.17, 15) is 9.59 Å². The van der Waals surface area contributed by atoms with Crippen molar-refractivity contribution in [3.8, 4) is 0 Å². The number of carbonyl (C=O) groups is 2. The minimum Gasteiger partial charge on any atom is -0.338 e. The van der Waals surface area contributed by atoms with Gasteiger partial charge in [0.1, 0.15) is 5.78 Å². The van der Waals surface area contributed by atoms with E-state index in [-0.39, 0.29) is 17.2 Å². The molecular weight excluding hydrogens is 250 g/mol. The summed E-state index contributed by atoms with van der Waals surface area (Å²) in [6.07, 6.45) is 2.74. The van der Waals surface area contributed by atoms with E-state index in [0.29, 0.717) is 31.6 Å². The fourth-order valence-corrected chi connectivity index (χ4v) is 3.59. The second kappa shape index (κ2) is 5.04. The van der Waals surface area contributed by atoms with E-state index >= 15 is 0 Å². The molecule has 0 radical (unpaired) electrons. The number of piperidine rings is 1. The molecule has 1 aromatic carbocycles. The summed E-state index contributed by atoms with van der Waals surface area (Å²) in [7, 11) is 0. The minimum absolute atomic E-state index is 0.122. The monoisotopic (exact) mass is 271 g/mol. The molecule has 1 aliphatic heterocycles. The summed E-state index contributed by atoms with van der Waals surface area (Å²) in [5.74, 6) is 0.783. The molecule has 1 saturated heterocycles. The number of rotatable bonds is 2. The van der Waals surface area contributed by atoms with Crippen LogP contribution in [0, 0.1) is 11.3 Å². The van der Waals surface area contributed by atoms with Gasteiger partial charge in [0.2, 0.25) is 5.91 Å². The summed E-state index contributed by atoms with van der Waals surface area (Å²) >= 11 is 0. The molecule has 2 aliphatic rings. The molecule has 106 valence electrons. The minimum atomic E-state index is 0.122.